The number of aromatic nitrogens is 2. The van der Waals surface area contributed by atoms with Gasteiger partial charge in [0.05, 0.1) is 28.2 Å². The Balaban J connectivity index is 2.35. The molecule has 0 saturated carbocycles. The summed E-state index contributed by atoms with van der Waals surface area (Å²) in [7, 11) is 0. The lowest BCUT2D eigenvalue weighted by molar-refractivity contribution is 0.0731. The summed E-state index contributed by atoms with van der Waals surface area (Å²) in [6.07, 6.45) is 0.176. The first-order valence-electron chi connectivity index (χ1n) is 5.68. The molecule has 0 radical (unpaired) electrons. The van der Waals surface area contributed by atoms with Gasteiger partial charge >= 0.3 is 0 Å². The molecule has 98 valence electrons. The van der Waals surface area contributed by atoms with Gasteiger partial charge in [-0.3, -0.25) is 0 Å². The van der Waals surface area contributed by atoms with Gasteiger partial charge in [0, 0.05) is 12.6 Å². The molecule has 1 aromatic carbocycles. The zero-order valence-electron chi connectivity index (χ0n) is 10.2. The molecule has 0 aliphatic carbocycles. The molecule has 0 bridgehead atoms. The minimum Gasteiger partial charge on any atom is -0.377 e. The van der Waals surface area contributed by atoms with Crippen LogP contribution in [-0.2, 0) is 11.3 Å². The van der Waals surface area contributed by atoms with Crippen molar-refractivity contribution in [2.45, 2.75) is 26.5 Å². The Labute approximate surface area is 118 Å². The van der Waals surface area contributed by atoms with E-state index >= 15 is 0 Å². The number of rotatable bonds is 4. The fourth-order valence-electron chi connectivity index (χ4n) is 1.75. The number of benzene rings is 1. The fraction of sp³-hybridized carbons (Fsp3) is 0.417. The molecule has 1 N–H and O–H groups in total. The number of imidazole rings is 1. The second-order valence-electron chi connectivity index (χ2n) is 4.28. The van der Waals surface area contributed by atoms with Crippen molar-refractivity contribution in [2.75, 3.05) is 6.61 Å². The van der Waals surface area contributed by atoms with Gasteiger partial charge in [0.2, 0.25) is 0 Å². The van der Waals surface area contributed by atoms with Gasteiger partial charge in [-0.25, -0.2) is 4.39 Å². The highest BCUT2D eigenvalue weighted by Gasteiger charge is 2.08. The molecule has 0 aliphatic heterocycles. The predicted molar refractivity (Wildman–Crippen MR) is 75.9 cm³/mol. The molecule has 1 aromatic heterocycles. The Hall–Kier alpha value is -0.720. The summed E-state index contributed by atoms with van der Waals surface area (Å²) >= 11 is 8.39. The summed E-state index contributed by atoms with van der Waals surface area (Å²) in [6.45, 7) is 5.12. The van der Waals surface area contributed by atoms with Crippen LogP contribution in [0.3, 0.4) is 0 Å². The van der Waals surface area contributed by atoms with Gasteiger partial charge in [0.15, 0.2) is 4.77 Å². The quantitative estimate of drug-likeness (QED) is 0.857. The zero-order valence-corrected chi connectivity index (χ0v) is 12.6. The lowest BCUT2D eigenvalue weighted by Crippen LogP contribution is -2.10. The van der Waals surface area contributed by atoms with E-state index in [1.165, 1.54) is 6.07 Å². The van der Waals surface area contributed by atoms with E-state index in [1.807, 2.05) is 18.4 Å². The number of nitrogens with one attached hydrogen (secondary N) is 1. The molecule has 1 heterocycles. The lowest BCUT2D eigenvalue weighted by atomic mass is 10.3. The minimum atomic E-state index is -0.296. The summed E-state index contributed by atoms with van der Waals surface area (Å²) in [5, 5.41) is 0. The Morgan fingerprint density at radius 3 is 2.89 bits per heavy atom. The van der Waals surface area contributed by atoms with Crippen LogP contribution in [-0.4, -0.2) is 22.3 Å². The number of fused-ring (bicyclic) bond motifs is 1. The molecule has 2 aromatic rings. The first kappa shape index (κ1) is 13.7. The van der Waals surface area contributed by atoms with Crippen molar-refractivity contribution >= 4 is 39.2 Å². The van der Waals surface area contributed by atoms with Crippen LogP contribution in [0.2, 0.25) is 0 Å². The second kappa shape index (κ2) is 5.50. The van der Waals surface area contributed by atoms with Crippen LogP contribution in [0.5, 0.6) is 0 Å². The van der Waals surface area contributed by atoms with E-state index in [1.54, 1.807) is 6.07 Å². The summed E-state index contributed by atoms with van der Waals surface area (Å²) in [5.74, 6) is -0.296. The highest BCUT2D eigenvalue weighted by atomic mass is 79.9. The topological polar surface area (TPSA) is 29.9 Å². The fourth-order valence-corrected chi connectivity index (χ4v) is 2.40. The standard InChI is InChI=1S/C12H14BrFN2OS/c1-7(2)17-4-3-16-11-6-9(14)8(13)5-10(11)15-12(16)18/h5-7H,3-4H2,1-2H3,(H,15,18). The van der Waals surface area contributed by atoms with Gasteiger partial charge in [-0.05, 0) is 48.1 Å². The van der Waals surface area contributed by atoms with Crippen molar-refractivity contribution in [3.8, 4) is 0 Å². The van der Waals surface area contributed by atoms with Crippen LogP contribution in [0.4, 0.5) is 4.39 Å². The molecule has 0 spiro atoms. The van der Waals surface area contributed by atoms with E-state index in [0.717, 1.165) is 11.0 Å². The molecule has 0 aliphatic rings. The van der Waals surface area contributed by atoms with Gasteiger partial charge in [-0.2, -0.15) is 0 Å². The number of hydrogen-bond donors (Lipinski definition) is 1. The van der Waals surface area contributed by atoms with Crippen LogP contribution in [0.15, 0.2) is 16.6 Å². The van der Waals surface area contributed by atoms with E-state index in [4.69, 9.17) is 17.0 Å². The average molecular weight is 333 g/mol. The Bertz CT molecular complexity index is 620. The van der Waals surface area contributed by atoms with Gasteiger partial charge in [-0.1, -0.05) is 0 Å². The maximum Gasteiger partial charge on any atom is 0.178 e. The maximum atomic E-state index is 13.5. The first-order valence-corrected chi connectivity index (χ1v) is 6.88. The molecular formula is C12H14BrFN2OS. The van der Waals surface area contributed by atoms with Crippen LogP contribution in [0.1, 0.15) is 13.8 Å². The summed E-state index contributed by atoms with van der Waals surface area (Å²) in [5.41, 5.74) is 1.57. The van der Waals surface area contributed by atoms with E-state index in [-0.39, 0.29) is 11.9 Å². The van der Waals surface area contributed by atoms with Crippen molar-refractivity contribution in [3.05, 3.63) is 27.2 Å². The number of aromatic amines is 1. The van der Waals surface area contributed by atoms with Gasteiger partial charge in [0.1, 0.15) is 5.82 Å². The van der Waals surface area contributed by atoms with Crippen molar-refractivity contribution in [2.24, 2.45) is 0 Å². The van der Waals surface area contributed by atoms with Crippen molar-refractivity contribution in [1.29, 1.82) is 0 Å². The third kappa shape index (κ3) is 2.81. The predicted octanol–water partition coefficient (Wildman–Crippen LogP) is 4.03. The van der Waals surface area contributed by atoms with Crippen molar-refractivity contribution < 1.29 is 9.13 Å². The molecule has 0 fully saturated rings. The van der Waals surface area contributed by atoms with Gasteiger partial charge in [-0.15, -0.1) is 0 Å². The summed E-state index contributed by atoms with van der Waals surface area (Å²) in [6, 6.07) is 3.17. The molecule has 0 amide bonds. The van der Waals surface area contributed by atoms with E-state index < -0.39 is 0 Å². The van der Waals surface area contributed by atoms with E-state index in [2.05, 4.69) is 20.9 Å². The summed E-state index contributed by atoms with van der Waals surface area (Å²) < 4.78 is 21.9. The number of hydrogen-bond acceptors (Lipinski definition) is 2. The minimum absolute atomic E-state index is 0.176. The highest BCUT2D eigenvalue weighted by molar-refractivity contribution is 9.10. The number of halogens is 2. The SMILES string of the molecule is CC(C)OCCn1c(=S)[nH]c2cc(Br)c(F)cc21. The monoisotopic (exact) mass is 332 g/mol. The Kier molecular flexibility index (Phi) is 4.19. The molecule has 0 unspecified atom stereocenters. The largest absolute Gasteiger partial charge is 0.377 e. The van der Waals surface area contributed by atoms with Crippen LogP contribution >= 0.6 is 28.1 Å². The molecular weight excluding hydrogens is 319 g/mol. The van der Waals surface area contributed by atoms with Crippen LogP contribution in [0.25, 0.3) is 11.0 Å². The number of ether oxygens (including phenoxy) is 1. The third-order valence-electron chi connectivity index (χ3n) is 2.58. The molecule has 6 heteroatoms. The van der Waals surface area contributed by atoms with Crippen molar-refractivity contribution in [1.82, 2.24) is 9.55 Å². The van der Waals surface area contributed by atoms with Crippen molar-refractivity contribution in [3.63, 3.8) is 0 Å². The summed E-state index contributed by atoms with van der Waals surface area (Å²) in [4.78, 5) is 3.06. The highest BCUT2D eigenvalue weighted by Crippen LogP contribution is 2.23. The van der Waals surface area contributed by atoms with Gasteiger partial charge in [0.25, 0.3) is 0 Å². The smallest absolute Gasteiger partial charge is 0.178 e. The van der Waals surface area contributed by atoms with Gasteiger partial charge < -0.3 is 14.3 Å². The number of nitrogens with zero attached hydrogens (tertiary/aromatic N) is 1. The van der Waals surface area contributed by atoms with Crippen LogP contribution < -0.4 is 0 Å². The Morgan fingerprint density at radius 2 is 2.22 bits per heavy atom. The molecule has 3 nitrogen and oxygen atoms in total. The molecule has 2 rings (SSSR count). The van der Waals surface area contributed by atoms with E-state index in [9.17, 15) is 4.39 Å². The molecule has 0 atom stereocenters. The Morgan fingerprint density at radius 1 is 1.50 bits per heavy atom. The first-order chi connectivity index (χ1) is 8.49. The number of H-pyrrole nitrogens is 1. The third-order valence-corrected chi connectivity index (χ3v) is 3.51. The lowest BCUT2D eigenvalue weighted by Gasteiger charge is -2.08. The second-order valence-corrected chi connectivity index (χ2v) is 5.53. The normalized spacial score (nSPS) is 11.6. The average Bonchev–Trinajstić information content (AvgIpc) is 2.56. The maximum absolute atomic E-state index is 13.5. The molecule has 18 heavy (non-hydrogen) atoms. The zero-order chi connectivity index (χ0) is 13.3. The van der Waals surface area contributed by atoms with E-state index in [0.29, 0.717) is 22.4 Å². The molecule has 0 saturated heterocycles. The van der Waals surface area contributed by atoms with Crippen LogP contribution in [0, 0.1) is 10.6 Å².